The highest BCUT2D eigenvalue weighted by Gasteiger charge is 2.27. The van der Waals surface area contributed by atoms with Crippen molar-refractivity contribution in [3.63, 3.8) is 0 Å². The summed E-state index contributed by atoms with van der Waals surface area (Å²) in [5.74, 6) is 4.18. The number of ether oxygens (including phenoxy) is 2. The Balaban J connectivity index is 1.32. The molecule has 2 aliphatic rings. The van der Waals surface area contributed by atoms with Gasteiger partial charge in [-0.3, -0.25) is 4.79 Å². The normalized spacial score (nSPS) is 25.5. The van der Waals surface area contributed by atoms with Gasteiger partial charge in [-0.05, 0) is 80.5 Å². The van der Waals surface area contributed by atoms with E-state index in [4.69, 9.17) is 9.47 Å². The van der Waals surface area contributed by atoms with Crippen LogP contribution < -0.4 is 9.47 Å². The Bertz CT molecular complexity index is 658. The number of carbonyl (C=O) groups is 1. The predicted octanol–water partition coefficient (Wildman–Crippen LogP) is 8.74. The van der Waals surface area contributed by atoms with Gasteiger partial charge in [0.05, 0.1) is 12.5 Å². The average Bonchev–Trinajstić information content (AvgIpc) is 2.84. The molecule has 0 bridgehead atoms. The third kappa shape index (κ3) is 8.98. The van der Waals surface area contributed by atoms with Crippen LogP contribution in [0.15, 0.2) is 24.3 Å². The van der Waals surface area contributed by atoms with Crippen molar-refractivity contribution in [1.29, 1.82) is 0 Å². The van der Waals surface area contributed by atoms with Crippen molar-refractivity contribution in [2.45, 2.75) is 117 Å². The summed E-state index contributed by atoms with van der Waals surface area (Å²) in [5, 5.41) is 0. The van der Waals surface area contributed by atoms with E-state index in [0.29, 0.717) is 5.75 Å². The number of carbonyl (C=O) groups excluding carboxylic acids is 1. The van der Waals surface area contributed by atoms with E-state index in [-0.39, 0.29) is 11.9 Å². The van der Waals surface area contributed by atoms with Crippen LogP contribution in [-0.2, 0) is 4.79 Å². The van der Waals surface area contributed by atoms with Crippen molar-refractivity contribution < 1.29 is 14.3 Å². The minimum absolute atomic E-state index is 0.0511. The van der Waals surface area contributed by atoms with Gasteiger partial charge in [-0.15, -0.1) is 0 Å². The first-order valence-corrected chi connectivity index (χ1v) is 14.1. The van der Waals surface area contributed by atoms with Crippen LogP contribution >= 0.6 is 0 Å². The number of benzene rings is 1. The molecule has 1 aromatic rings. The SMILES string of the molecule is CCCCCC1CCC(C(=O)Oc2ccc(OCCCC3CCCCC3CCC)cc2)CC1. The van der Waals surface area contributed by atoms with E-state index < -0.39 is 0 Å². The predicted molar refractivity (Wildman–Crippen MR) is 137 cm³/mol. The minimum Gasteiger partial charge on any atom is -0.494 e. The fraction of sp³-hybridized carbons (Fsp3) is 0.767. The molecule has 3 heteroatoms. The summed E-state index contributed by atoms with van der Waals surface area (Å²) < 4.78 is 11.7. The van der Waals surface area contributed by atoms with Gasteiger partial charge in [0, 0.05) is 0 Å². The van der Waals surface area contributed by atoms with Gasteiger partial charge in [0.1, 0.15) is 11.5 Å². The lowest BCUT2D eigenvalue weighted by molar-refractivity contribution is -0.140. The van der Waals surface area contributed by atoms with Gasteiger partial charge in [0.15, 0.2) is 0 Å². The monoisotopic (exact) mass is 456 g/mol. The number of hydrogen-bond donors (Lipinski definition) is 0. The van der Waals surface area contributed by atoms with Gasteiger partial charge >= 0.3 is 5.97 Å². The summed E-state index contributed by atoms with van der Waals surface area (Å²) in [5.41, 5.74) is 0. The smallest absolute Gasteiger partial charge is 0.314 e. The van der Waals surface area contributed by atoms with E-state index in [1.54, 1.807) is 0 Å². The Morgan fingerprint density at radius 1 is 0.758 bits per heavy atom. The summed E-state index contributed by atoms with van der Waals surface area (Å²) in [4.78, 5) is 12.6. The maximum absolute atomic E-state index is 12.6. The molecule has 0 aromatic heterocycles. The Kier molecular flexibility index (Phi) is 11.6. The second kappa shape index (κ2) is 14.7. The largest absolute Gasteiger partial charge is 0.494 e. The molecular weight excluding hydrogens is 408 g/mol. The zero-order valence-electron chi connectivity index (χ0n) is 21.4. The zero-order valence-corrected chi connectivity index (χ0v) is 21.4. The molecule has 2 saturated carbocycles. The lowest BCUT2D eigenvalue weighted by Crippen LogP contribution is -2.25. The van der Waals surface area contributed by atoms with Crippen LogP contribution in [-0.4, -0.2) is 12.6 Å². The molecule has 2 unspecified atom stereocenters. The van der Waals surface area contributed by atoms with E-state index in [2.05, 4.69) is 13.8 Å². The topological polar surface area (TPSA) is 35.5 Å². The summed E-state index contributed by atoms with van der Waals surface area (Å²) in [6, 6.07) is 7.63. The Morgan fingerprint density at radius 2 is 1.42 bits per heavy atom. The van der Waals surface area contributed by atoms with E-state index in [1.165, 1.54) is 83.5 Å². The molecule has 2 aliphatic carbocycles. The van der Waals surface area contributed by atoms with Crippen molar-refractivity contribution in [3.8, 4) is 11.5 Å². The quantitative estimate of drug-likeness (QED) is 0.169. The van der Waals surface area contributed by atoms with Gasteiger partial charge in [0.2, 0.25) is 0 Å². The maximum Gasteiger partial charge on any atom is 0.314 e. The third-order valence-electron chi connectivity index (χ3n) is 8.15. The molecule has 3 rings (SSSR count). The van der Waals surface area contributed by atoms with E-state index in [1.807, 2.05) is 24.3 Å². The van der Waals surface area contributed by atoms with Crippen LogP contribution in [0, 0.1) is 23.7 Å². The average molecular weight is 457 g/mol. The van der Waals surface area contributed by atoms with Gasteiger partial charge in [-0.1, -0.05) is 78.1 Å². The van der Waals surface area contributed by atoms with Crippen molar-refractivity contribution in [2.75, 3.05) is 6.61 Å². The van der Waals surface area contributed by atoms with Gasteiger partial charge in [-0.2, -0.15) is 0 Å². The molecule has 0 saturated heterocycles. The first-order valence-electron chi connectivity index (χ1n) is 14.1. The summed E-state index contributed by atoms with van der Waals surface area (Å²) >= 11 is 0. The van der Waals surface area contributed by atoms with Crippen LogP contribution in [0.3, 0.4) is 0 Å². The van der Waals surface area contributed by atoms with Gasteiger partial charge in [0.25, 0.3) is 0 Å². The molecule has 0 heterocycles. The molecule has 0 amide bonds. The zero-order chi connectivity index (χ0) is 23.3. The third-order valence-corrected chi connectivity index (χ3v) is 8.15. The second-order valence-electron chi connectivity index (χ2n) is 10.7. The minimum atomic E-state index is -0.0511. The first kappa shape index (κ1) is 26.1. The van der Waals surface area contributed by atoms with Crippen molar-refractivity contribution >= 4 is 5.97 Å². The number of hydrogen-bond acceptors (Lipinski definition) is 3. The van der Waals surface area contributed by atoms with E-state index >= 15 is 0 Å². The molecule has 33 heavy (non-hydrogen) atoms. The summed E-state index contributed by atoms with van der Waals surface area (Å²) in [6.45, 7) is 5.35. The molecule has 0 N–H and O–H groups in total. The highest BCUT2D eigenvalue weighted by Crippen LogP contribution is 2.36. The highest BCUT2D eigenvalue weighted by molar-refractivity contribution is 5.75. The standard InChI is InChI=1S/C30H48O3/c1-3-5-6-11-24-15-17-27(18-16-24)30(31)33-29-21-19-28(20-22-29)32-23-9-14-26-13-8-7-12-25(26)10-4-2/h19-22,24-27H,3-18,23H2,1-2H3. The second-order valence-corrected chi connectivity index (χ2v) is 10.7. The van der Waals surface area contributed by atoms with Crippen molar-refractivity contribution in [1.82, 2.24) is 0 Å². The number of unbranched alkanes of at least 4 members (excludes halogenated alkanes) is 2. The van der Waals surface area contributed by atoms with Crippen LogP contribution in [0.1, 0.15) is 117 Å². The molecule has 186 valence electrons. The van der Waals surface area contributed by atoms with Crippen LogP contribution in [0.5, 0.6) is 11.5 Å². The lowest BCUT2D eigenvalue weighted by atomic mass is 9.75. The molecule has 0 aliphatic heterocycles. The summed E-state index contributed by atoms with van der Waals surface area (Å²) in [7, 11) is 0. The molecule has 0 spiro atoms. The summed E-state index contributed by atoms with van der Waals surface area (Å²) in [6.07, 6.45) is 20.4. The molecule has 2 fully saturated rings. The molecular formula is C30H48O3. The highest BCUT2D eigenvalue weighted by atomic mass is 16.5. The van der Waals surface area contributed by atoms with Crippen molar-refractivity contribution in [3.05, 3.63) is 24.3 Å². The first-order chi connectivity index (χ1) is 16.2. The Hall–Kier alpha value is -1.51. The van der Waals surface area contributed by atoms with E-state index in [0.717, 1.165) is 49.4 Å². The molecule has 3 nitrogen and oxygen atoms in total. The van der Waals surface area contributed by atoms with Crippen LogP contribution in [0.25, 0.3) is 0 Å². The molecule has 1 aromatic carbocycles. The van der Waals surface area contributed by atoms with Crippen molar-refractivity contribution in [2.24, 2.45) is 23.7 Å². The Labute approximate surface area is 203 Å². The van der Waals surface area contributed by atoms with Gasteiger partial charge in [-0.25, -0.2) is 0 Å². The molecule has 2 atom stereocenters. The van der Waals surface area contributed by atoms with Crippen LogP contribution in [0.2, 0.25) is 0 Å². The number of esters is 1. The van der Waals surface area contributed by atoms with Gasteiger partial charge < -0.3 is 9.47 Å². The van der Waals surface area contributed by atoms with Crippen LogP contribution in [0.4, 0.5) is 0 Å². The Morgan fingerprint density at radius 3 is 2.09 bits per heavy atom. The lowest BCUT2D eigenvalue weighted by Gasteiger charge is -2.31. The fourth-order valence-corrected chi connectivity index (χ4v) is 6.12. The maximum atomic E-state index is 12.6. The fourth-order valence-electron chi connectivity index (χ4n) is 6.12. The molecule has 0 radical (unpaired) electrons. The van der Waals surface area contributed by atoms with E-state index in [9.17, 15) is 4.79 Å². The number of rotatable bonds is 13.